The van der Waals surface area contributed by atoms with E-state index in [2.05, 4.69) is 5.10 Å². The molecule has 0 aromatic carbocycles. The van der Waals surface area contributed by atoms with E-state index in [0.29, 0.717) is 19.0 Å². The summed E-state index contributed by atoms with van der Waals surface area (Å²) in [5.41, 5.74) is 6.69. The molecule has 20 heavy (non-hydrogen) atoms. The maximum Gasteiger partial charge on any atom is 0.266 e. The van der Waals surface area contributed by atoms with Crippen molar-refractivity contribution in [2.45, 2.75) is 44.6 Å². The molecule has 4 nitrogen and oxygen atoms in total. The van der Waals surface area contributed by atoms with Crippen LogP contribution in [0.4, 0.5) is 0 Å². The van der Waals surface area contributed by atoms with E-state index in [1.165, 1.54) is 32.1 Å². The molecule has 4 bridgehead atoms. The zero-order valence-electron chi connectivity index (χ0n) is 11.9. The molecule has 0 atom stereocenters. The first kappa shape index (κ1) is 12.6. The predicted octanol–water partition coefficient (Wildman–Crippen LogP) is 1.74. The van der Waals surface area contributed by atoms with Gasteiger partial charge in [-0.15, -0.1) is 0 Å². The van der Waals surface area contributed by atoms with Gasteiger partial charge < -0.3 is 5.73 Å². The van der Waals surface area contributed by atoms with Crippen molar-refractivity contribution >= 4 is 0 Å². The Bertz CT molecular complexity index is 537. The molecular weight excluding hydrogens is 250 g/mol. The molecule has 0 spiro atoms. The molecule has 0 unspecified atom stereocenters. The summed E-state index contributed by atoms with van der Waals surface area (Å²) < 4.78 is 1.56. The summed E-state index contributed by atoms with van der Waals surface area (Å²) in [4.78, 5) is 11.8. The second-order valence-corrected chi connectivity index (χ2v) is 7.06. The molecule has 4 aliphatic rings. The summed E-state index contributed by atoms with van der Waals surface area (Å²) in [6.07, 6.45) is 7.01. The molecule has 2 N–H and O–H groups in total. The Morgan fingerprint density at radius 1 is 1.10 bits per heavy atom. The van der Waals surface area contributed by atoms with Gasteiger partial charge in [0.1, 0.15) is 0 Å². The third kappa shape index (κ3) is 1.93. The number of hydrogen-bond donors (Lipinski definition) is 1. The fourth-order valence-corrected chi connectivity index (χ4v) is 5.33. The number of nitrogens with two attached hydrogens (primary N) is 1. The fourth-order valence-electron chi connectivity index (χ4n) is 5.33. The van der Waals surface area contributed by atoms with Crippen LogP contribution in [0, 0.1) is 23.7 Å². The Morgan fingerprint density at radius 2 is 1.75 bits per heavy atom. The number of rotatable bonds is 3. The molecule has 1 aromatic rings. The van der Waals surface area contributed by atoms with Crippen LogP contribution in [0.5, 0.6) is 0 Å². The summed E-state index contributed by atoms with van der Waals surface area (Å²) in [5.74, 6) is 4.16. The van der Waals surface area contributed by atoms with Crippen molar-refractivity contribution in [3.05, 3.63) is 28.2 Å². The Balaban J connectivity index is 1.67. The van der Waals surface area contributed by atoms with E-state index < -0.39 is 0 Å². The van der Waals surface area contributed by atoms with Gasteiger partial charge in [-0.2, -0.15) is 5.10 Å². The number of aromatic nitrogens is 2. The molecule has 4 fully saturated rings. The summed E-state index contributed by atoms with van der Waals surface area (Å²) in [5, 5.41) is 4.63. The molecule has 4 saturated carbocycles. The lowest BCUT2D eigenvalue weighted by Crippen LogP contribution is -2.44. The van der Waals surface area contributed by atoms with E-state index in [4.69, 9.17) is 5.73 Å². The quantitative estimate of drug-likeness (QED) is 0.912. The van der Waals surface area contributed by atoms with E-state index in [0.717, 1.165) is 29.4 Å². The molecule has 4 heteroatoms. The predicted molar refractivity (Wildman–Crippen MR) is 77.3 cm³/mol. The SMILES string of the molecule is NCCn1nc(C2C3CC4CC(C3)CC2C4)ccc1=O. The molecule has 108 valence electrons. The van der Waals surface area contributed by atoms with Crippen LogP contribution >= 0.6 is 0 Å². The van der Waals surface area contributed by atoms with E-state index in [1.54, 1.807) is 10.7 Å². The maximum atomic E-state index is 11.8. The van der Waals surface area contributed by atoms with Crippen molar-refractivity contribution < 1.29 is 0 Å². The van der Waals surface area contributed by atoms with Gasteiger partial charge in [0.2, 0.25) is 0 Å². The van der Waals surface area contributed by atoms with Crippen LogP contribution in [0.25, 0.3) is 0 Å². The Morgan fingerprint density at radius 3 is 2.35 bits per heavy atom. The lowest BCUT2D eigenvalue weighted by atomic mass is 9.51. The van der Waals surface area contributed by atoms with Crippen molar-refractivity contribution in [1.29, 1.82) is 0 Å². The lowest BCUT2D eigenvalue weighted by molar-refractivity contribution is -0.00474. The molecular formula is C16H23N3O. The van der Waals surface area contributed by atoms with Crippen LogP contribution in [0.2, 0.25) is 0 Å². The largest absolute Gasteiger partial charge is 0.329 e. The molecule has 1 aromatic heterocycles. The zero-order chi connectivity index (χ0) is 13.7. The van der Waals surface area contributed by atoms with Gasteiger partial charge >= 0.3 is 0 Å². The molecule has 5 rings (SSSR count). The fraction of sp³-hybridized carbons (Fsp3) is 0.750. The van der Waals surface area contributed by atoms with Gasteiger partial charge in [-0.1, -0.05) is 0 Å². The number of nitrogens with zero attached hydrogens (tertiary/aromatic N) is 2. The highest BCUT2D eigenvalue weighted by Gasteiger charge is 2.49. The van der Waals surface area contributed by atoms with Crippen LogP contribution < -0.4 is 11.3 Å². The Hall–Kier alpha value is -1.16. The van der Waals surface area contributed by atoms with Crippen molar-refractivity contribution in [2.24, 2.45) is 29.4 Å². The normalized spacial score (nSPS) is 38.4. The van der Waals surface area contributed by atoms with E-state index >= 15 is 0 Å². The molecule has 0 saturated heterocycles. The monoisotopic (exact) mass is 273 g/mol. The second-order valence-electron chi connectivity index (χ2n) is 7.06. The average molecular weight is 273 g/mol. The van der Waals surface area contributed by atoms with Gasteiger partial charge in [-0.25, -0.2) is 4.68 Å². The highest BCUT2D eigenvalue weighted by molar-refractivity contribution is 5.15. The van der Waals surface area contributed by atoms with Gasteiger partial charge in [0.15, 0.2) is 0 Å². The van der Waals surface area contributed by atoms with Gasteiger partial charge in [-0.05, 0) is 61.8 Å². The minimum atomic E-state index is -0.0250. The summed E-state index contributed by atoms with van der Waals surface area (Å²) in [7, 11) is 0. The standard InChI is InChI=1S/C16H23N3O/c17-3-4-19-15(20)2-1-14(18-19)16-12-6-10-5-11(8-12)9-13(16)7-10/h1-2,10-13,16H,3-9,17H2. The Kier molecular flexibility index (Phi) is 2.95. The molecule has 0 radical (unpaired) electrons. The molecule has 0 aliphatic heterocycles. The summed E-state index contributed by atoms with van der Waals surface area (Å²) in [6.45, 7) is 0.998. The first-order chi connectivity index (χ1) is 9.74. The first-order valence-corrected chi connectivity index (χ1v) is 8.02. The van der Waals surface area contributed by atoms with Crippen LogP contribution in [0.3, 0.4) is 0 Å². The third-order valence-corrected chi connectivity index (χ3v) is 5.80. The first-order valence-electron chi connectivity index (χ1n) is 8.02. The molecule has 1 heterocycles. The topological polar surface area (TPSA) is 60.9 Å². The van der Waals surface area contributed by atoms with Gasteiger partial charge in [0, 0.05) is 18.5 Å². The van der Waals surface area contributed by atoms with Crippen molar-refractivity contribution in [3.8, 4) is 0 Å². The van der Waals surface area contributed by atoms with Gasteiger partial charge in [0.25, 0.3) is 5.56 Å². The minimum Gasteiger partial charge on any atom is -0.329 e. The van der Waals surface area contributed by atoms with Gasteiger partial charge in [-0.3, -0.25) is 4.79 Å². The maximum absolute atomic E-state index is 11.8. The summed E-state index contributed by atoms with van der Waals surface area (Å²) >= 11 is 0. The van der Waals surface area contributed by atoms with Crippen LogP contribution in [-0.4, -0.2) is 16.3 Å². The highest BCUT2D eigenvalue weighted by atomic mass is 16.1. The van der Waals surface area contributed by atoms with E-state index in [-0.39, 0.29) is 5.56 Å². The highest BCUT2D eigenvalue weighted by Crippen LogP contribution is 2.59. The Labute approximate surface area is 119 Å². The van der Waals surface area contributed by atoms with Crippen molar-refractivity contribution in [2.75, 3.05) is 6.54 Å². The third-order valence-electron chi connectivity index (χ3n) is 5.80. The van der Waals surface area contributed by atoms with E-state index in [9.17, 15) is 4.79 Å². The van der Waals surface area contributed by atoms with Crippen LogP contribution in [0.1, 0.15) is 43.7 Å². The van der Waals surface area contributed by atoms with Crippen molar-refractivity contribution in [3.63, 3.8) is 0 Å². The average Bonchev–Trinajstić information content (AvgIpc) is 2.41. The molecule has 4 aliphatic carbocycles. The molecule has 0 amide bonds. The van der Waals surface area contributed by atoms with Crippen molar-refractivity contribution in [1.82, 2.24) is 9.78 Å². The van der Waals surface area contributed by atoms with Crippen LogP contribution in [0.15, 0.2) is 16.9 Å². The van der Waals surface area contributed by atoms with E-state index in [1.807, 2.05) is 6.07 Å². The van der Waals surface area contributed by atoms with Gasteiger partial charge in [0.05, 0.1) is 12.2 Å². The zero-order valence-corrected chi connectivity index (χ0v) is 11.9. The second kappa shape index (κ2) is 4.69. The van der Waals surface area contributed by atoms with Crippen LogP contribution in [-0.2, 0) is 6.54 Å². The lowest BCUT2D eigenvalue weighted by Gasteiger charge is -2.54. The minimum absolute atomic E-state index is 0.0250. The summed E-state index contributed by atoms with van der Waals surface area (Å²) in [6, 6.07) is 3.66. The number of hydrogen-bond acceptors (Lipinski definition) is 3. The smallest absolute Gasteiger partial charge is 0.266 e.